The van der Waals surface area contributed by atoms with Gasteiger partial charge in [-0.3, -0.25) is 9.78 Å². The van der Waals surface area contributed by atoms with Crippen LogP contribution in [0, 0.1) is 18.7 Å². The molecule has 0 aliphatic heterocycles. The number of nitrogens with zero attached hydrogens (tertiary/aromatic N) is 4. The van der Waals surface area contributed by atoms with Crippen molar-refractivity contribution in [2.45, 2.75) is 33.2 Å². The van der Waals surface area contributed by atoms with Gasteiger partial charge in [0.1, 0.15) is 5.82 Å². The Labute approximate surface area is 195 Å². The molecule has 2 amide bonds. The highest BCUT2D eigenvalue weighted by molar-refractivity contribution is 5.98. The number of halogens is 1. The van der Waals surface area contributed by atoms with Crippen LogP contribution in [0.15, 0.2) is 36.9 Å². The molecule has 1 unspecified atom stereocenters. The minimum absolute atomic E-state index is 0.0292. The van der Waals surface area contributed by atoms with Crippen LogP contribution in [0.4, 0.5) is 26.5 Å². The number of amides is 2. The van der Waals surface area contributed by atoms with E-state index in [9.17, 15) is 14.0 Å². The number of aryl methyl sites for hydroxylation is 1. The van der Waals surface area contributed by atoms with Crippen molar-refractivity contribution in [1.29, 1.82) is 0 Å². The van der Waals surface area contributed by atoms with Gasteiger partial charge in [0.15, 0.2) is 11.6 Å². The monoisotopic (exact) mass is 470 g/mol. The van der Waals surface area contributed by atoms with Gasteiger partial charge in [0, 0.05) is 18.8 Å². The van der Waals surface area contributed by atoms with Crippen LogP contribution in [0.3, 0.4) is 0 Å². The van der Waals surface area contributed by atoms with Gasteiger partial charge in [-0.05, 0) is 37.0 Å². The molecule has 34 heavy (non-hydrogen) atoms. The maximum absolute atomic E-state index is 14.8. The molecule has 0 saturated carbocycles. The van der Waals surface area contributed by atoms with Crippen molar-refractivity contribution in [3.63, 3.8) is 0 Å². The van der Waals surface area contributed by atoms with Crippen molar-refractivity contribution in [2.24, 2.45) is 11.7 Å². The molecule has 3 heterocycles. The smallest absolute Gasteiger partial charge is 0.404 e. The fourth-order valence-corrected chi connectivity index (χ4v) is 3.35. The molecule has 0 aromatic carbocycles. The van der Waals surface area contributed by atoms with E-state index >= 15 is 0 Å². The van der Waals surface area contributed by atoms with Gasteiger partial charge < -0.3 is 26.8 Å². The van der Waals surface area contributed by atoms with E-state index in [2.05, 4.69) is 31.0 Å². The number of nitrogens with two attached hydrogens (primary N) is 1. The molecule has 1 atom stereocenters. The van der Waals surface area contributed by atoms with Crippen LogP contribution >= 0.6 is 0 Å². The fraction of sp³-hybridized carbons (Fsp3) is 0.318. The Bertz CT molecular complexity index is 1180. The van der Waals surface area contributed by atoms with Gasteiger partial charge in [-0.15, -0.1) is 0 Å². The second-order valence-corrected chi connectivity index (χ2v) is 8.26. The van der Waals surface area contributed by atoms with Gasteiger partial charge in [0.05, 0.1) is 35.5 Å². The number of pyridine rings is 2. The molecule has 0 radical (unpaired) electrons. The lowest BCUT2D eigenvalue weighted by atomic mass is 10.0. The topological polar surface area (TPSA) is 160 Å². The summed E-state index contributed by atoms with van der Waals surface area (Å²) in [5.74, 6) is -1.56. The first kappa shape index (κ1) is 24.4. The highest BCUT2D eigenvalue weighted by Gasteiger charge is 2.20. The van der Waals surface area contributed by atoms with Crippen LogP contribution in [0.5, 0.6) is 0 Å². The standard InChI is InChI=1S/C22H27FN8O3/c1-12(2)4-14(9-26-22(33)34)29-21-18(23)6-17(19(24)32)20(30-21)28-15-5-16(10-25-8-15)31-11-13(3)7-27-31/h5-8,10-12,14,26H,4,9H2,1-3H3,(H2,24,32)(H,33,34)(H2,28,29,30). The van der Waals surface area contributed by atoms with E-state index in [0.717, 1.165) is 11.6 Å². The first-order valence-electron chi connectivity index (χ1n) is 10.6. The summed E-state index contributed by atoms with van der Waals surface area (Å²) in [5.41, 5.74) is 7.41. The number of carbonyl (C=O) groups excluding carboxylic acids is 1. The molecule has 6 N–H and O–H groups in total. The maximum Gasteiger partial charge on any atom is 0.404 e. The predicted molar refractivity (Wildman–Crippen MR) is 125 cm³/mol. The van der Waals surface area contributed by atoms with E-state index in [0.29, 0.717) is 17.8 Å². The quantitative estimate of drug-likeness (QED) is 0.302. The SMILES string of the molecule is Cc1cnn(-c2cncc(Nc3nc(NC(CNC(=O)O)CC(C)C)c(F)cc3C(N)=O)c2)c1. The zero-order valence-electron chi connectivity index (χ0n) is 19.0. The maximum atomic E-state index is 14.8. The van der Waals surface area contributed by atoms with Crippen molar-refractivity contribution in [1.82, 2.24) is 25.1 Å². The van der Waals surface area contributed by atoms with Gasteiger partial charge in [-0.2, -0.15) is 5.10 Å². The molecular formula is C22H27FN8O3. The first-order chi connectivity index (χ1) is 16.1. The lowest BCUT2D eigenvalue weighted by molar-refractivity contribution is 0.100. The Kier molecular flexibility index (Phi) is 7.61. The Morgan fingerprint density at radius 2 is 1.97 bits per heavy atom. The summed E-state index contributed by atoms with van der Waals surface area (Å²) >= 11 is 0. The summed E-state index contributed by atoms with van der Waals surface area (Å²) in [7, 11) is 0. The van der Waals surface area contributed by atoms with E-state index in [1.165, 1.54) is 6.20 Å². The van der Waals surface area contributed by atoms with Crippen LogP contribution in [0.2, 0.25) is 0 Å². The third kappa shape index (κ3) is 6.40. The van der Waals surface area contributed by atoms with Crippen LogP contribution in [-0.2, 0) is 0 Å². The molecule has 0 aliphatic rings. The van der Waals surface area contributed by atoms with Gasteiger partial charge in [-0.1, -0.05) is 13.8 Å². The van der Waals surface area contributed by atoms with Crippen LogP contribution < -0.4 is 21.7 Å². The van der Waals surface area contributed by atoms with Crippen molar-refractivity contribution >= 4 is 29.3 Å². The number of nitrogens with one attached hydrogen (secondary N) is 3. The van der Waals surface area contributed by atoms with E-state index in [4.69, 9.17) is 10.8 Å². The first-order valence-corrected chi connectivity index (χ1v) is 10.6. The zero-order valence-corrected chi connectivity index (χ0v) is 19.0. The average Bonchev–Trinajstić information content (AvgIpc) is 3.20. The zero-order chi connectivity index (χ0) is 24.8. The fourth-order valence-electron chi connectivity index (χ4n) is 3.35. The van der Waals surface area contributed by atoms with Crippen LogP contribution in [0.25, 0.3) is 5.69 Å². The third-order valence-corrected chi connectivity index (χ3v) is 4.80. The number of aromatic nitrogens is 4. The molecule has 3 aromatic heterocycles. The van der Waals surface area contributed by atoms with E-state index < -0.39 is 23.9 Å². The van der Waals surface area contributed by atoms with E-state index in [-0.39, 0.29) is 29.7 Å². The van der Waals surface area contributed by atoms with Crippen molar-refractivity contribution in [3.8, 4) is 5.69 Å². The summed E-state index contributed by atoms with van der Waals surface area (Å²) in [4.78, 5) is 31.3. The molecule has 3 rings (SSSR count). The summed E-state index contributed by atoms with van der Waals surface area (Å²) in [6, 6.07) is 2.30. The Morgan fingerprint density at radius 3 is 2.59 bits per heavy atom. The summed E-state index contributed by atoms with van der Waals surface area (Å²) in [5, 5.41) is 21.4. The van der Waals surface area contributed by atoms with Crippen molar-refractivity contribution < 1.29 is 19.1 Å². The minimum atomic E-state index is -1.19. The highest BCUT2D eigenvalue weighted by Crippen LogP contribution is 2.25. The number of anilines is 3. The lowest BCUT2D eigenvalue weighted by Crippen LogP contribution is -2.37. The Hall–Kier alpha value is -4.22. The molecule has 11 nitrogen and oxygen atoms in total. The number of primary amides is 1. The second-order valence-electron chi connectivity index (χ2n) is 8.26. The molecule has 0 aliphatic carbocycles. The Balaban J connectivity index is 1.91. The predicted octanol–water partition coefficient (Wildman–Crippen LogP) is 3.05. The lowest BCUT2D eigenvalue weighted by Gasteiger charge is -2.22. The summed E-state index contributed by atoms with van der Waals surface area (Å²) in [6.45, 7) is 5.88. The number of hydrogen-bond donors (Lipinski definition) is 5. The van der Waals surface area contributed by atoms with Gasteiger partial charge in [-0.25, -0.2) is 18.9 Å². The van der Waals surface area contributed by atoms with Gasteiger partial charge in [0.25, 0.3) is 5.91 Å². The molecule has 12 heteroatoms. The molecule has 0 fully saturated rings. The van der Waals surface area contributed by atoms with E-state index in [1.54, 1.807) is 23.1 Å². The van der Waals surface area contributed by atoms with Crippen LogP contribution in [-0.4, -0.2) is 49.4 Å². The molecular weight excluding hydrogens is 443 g/mol. The third-order valence-electron chi connectivity index (χ3n) is 4.80. The number of rotatable bonds is 10. The molecule has 3 aromatic rings. The van der Waals surface area contributed by atoms with Gasteiger partial charge in [0.2, 0.25) is 0 Å². The number of carbonyl (C=O) groups is 2. The number of hydrogen-bond acceptors (Lipinski definition) is 7. The molecule has 0 bridgehead atoms. The average molecular weight is 471 g/mol. The van der Waals surface area contributed by atoms with Gasteiger partial charge >= 0.3 is 6.09 Å². The largest absolute Gasteiger partial charge is 0.465 e. The van der Waals surface area contributed by atoms with Crippen molar-refractivity contribution in [2.75, 3.05) is 17.2 Å². The Morgan fingerprint density at radius 1 is 1.21 bits per heavy atom. The second kappa shape index (κ2) is 10.6. The summed E-state index contributed by atoms with van der Waals surface area (Å²) in [6.07, 6.45) is 6.03. The molecule has 0 spiro atoms. The van der Waals surface area contributed by atoms with Crippen molar-refractivity contribution in [3.05, 3.63) is 53.9 Å². The molecule has 180 valence electrons. The van der Waals surface area contributed by atoms with Crippen LogP contribution in [0.1, 0.15) is 36.2 Å². The summed E-state index contributed by atoms with van der Waals surface area (Å²) < 4.78 is 16.4. The molecule has 0 saturated heterocycles. The number of carboxylic acid groups (broad SMARTS) is 1. The van der Waals surface area contributed by atoms with E-state index in [1.807, 2.05) is 27.0 Å². The minimum Gasteiger partial charge on any atom is -0.465 e. The highest BCUT2D eigenvalue weighted by atomic mass is 19.1. The normalized spacial score (nSPS) is 11.8.